The van der Waals surface area contributed by atoms with Gasteiger partial charge in [0.2, 0.25) is 0 Å². The minimum absolute atomic E-state index is 0.0164. The van der Waals surface area contributed by atoms with Crippen molar-refractivity contribution in [2.45, 2.75) is 19.6 Å². The Morgan fingerprint density at radius 1 is 1.04 bits per heavy atom. The van der Waals surface area contributed by atoms with E-state index in [0.29, 0.717) is 0 Å². The molecular weight excluding hydrogens is 348 g/mol. The molecule has 3 N–H and O–H groups in total. The van der Waals surface area contributed by atoms with Gasteiger partial charge in [0.1, 0.15) is 0 Å². The topological polar surface area (TPSA) is 78.4 Å². The predicted molar refractivity (Wildman–Crippen MR) is 103 cm³/mol. The fraction of sp³-hybridized carbons (Fsp3) is 0.200. The first-order valence-corrected chi connectivity index (χ1v) is 9.18. The SMILES string of the molecule is Cc1ccc(CNC(=O)C(=O)NCC(O)c2csc3ccccc23)cc1. The summed E-state index contributed by atoms with van der Waals surface area (Å²) in [5.74, 6) is -1.47. The lowest BCUT2D eigenvalue weighted by molar-refractivity contribution is -0.139. The lowest BCUT2D eigenvalue weighted by Gasteiger charge is -2.11. The van der Waals surface area contributed by atoms with E-state index in [-0.39, 0.29) is 13.1 Å². The van der Waals surface area contributed by atoms with Crippen LogP contribution in [-0.2, 0) is 16.1 Å². The molecule has 26 heavy (non-hydrogen) atoms. The average molecular weight is 368 g/mol. The summed E-state index contributed by atoms with van der Waals surface area (Å²) in [7, 11) is 0. The van der Waals surface area contributed by atoms with Crippen molar-refractivity contribution in [1.29, 1.82) is 0 Å². The predicted octanol–water partition coefficient (Wildman–Crippen LogP) is 2.68. The summed E-state index contributed by atoms with van der Waals surface area (Å²) < 4.78 is 1.07. The Morgan fingerprint density at radius 3 is 2.50 bits per heavy atom. The van der Waals surface area contributed by atoms with Gasteiger partial charge in [-0.25, -0.2) is 0 Å². The van der Waals surface area contributed by atoms with Crippen LogP contribution in [0.1, 0.15) is 22.8 Å². The Balaban J connectivity index is 1.51. The van der Waals surface area contributed by atoms with Crippen molar-refractivity contribution in [1.82, 2.24) is 10.6 Å². The van der Waals surface area contributed by atoms with E-state index in [1.165, 1.54) is 11.3 Å². The second kappa shape index (κ2) is 8.12. The van der Waals surface area contributed by atoms with E-state index in [9.17, 15) is 14.7 Å². The molecule has 2 aromatic carbocycles. The number of carbonyl (C=O) groups excluding carboxylic acids is 2. The third-order valence-electron chi connectivity index (χ3n) is 4.11. The number of fused-ring (bicyclic) bond motifs is 1. The molecule has 0 saturated carbocycles. The number of benzene rings is 2. The van der Waals surface area contributed by atoms with Crippen molar-refractivity contribution in [3.05, 3.63) is 70.6 Å². The summed E-state index contributed by atoms with van der Waals surface area (Å²) in [5.41, 5.74) is 2.81. The fourth-order valence-electron chi connectivity index (χ4n) is 2.60. The van der Waals surface area contributed by atoms with Gasteiger partial charge in [-0.3, -0.25) is 9.59 Å². The van der Waals surface area contributed by atoms with E-state index in [0.717, 1.165) is 26.8 Å². The molecule has 0 aliphatic rings. The maximum Gasteiger partial charge on any atom is 0.309 e. The molecular formula is C20H20N2O3S. The molecule has 6 heteroatoms. The molecule has 0 bridgehead atoms. The van der Waals surface area contributed by atoms with Crippen molar-refractivity contribution in [2.24, 2.45) is 0 Å². The molecule has 0 saturated heterocycles. The Kier molecular flexibility index (Phi) is 5.65. The van der Waals surface area contributed by atoms with Gasteiger partial charge in [0.05, 0.1) is 6.10 Å². The van der Waals surface area contributed by atoms with Gasteiger partial charge >= 0.3 is 11.8 Å². The van der Waals surface area contributed by atoms with Gasteiger partial charge in [-0.2, -0.15) is 0 Å². The van der Waals surface area contributed by atoms with Crippen LogP contribution < -0.4 is 10.6 Å². The number of carbonyl (C=O) groups is 2. The largest absolute Gasteiger partial charge is 0.387 e. The first kappa shape index (κ1) is 18.1. The molecule has 5 nitrogen and oxygen atoms in total. The Morgan fingerprint density at radius 2 is 1.73 bits per heavy atom. The summed E-state index contributed by atoms with van der Waals surface area (Å²) in [5, 5.41) is 18.2. The van der Waals surface area contributed by atoms with Gasteiger partial charge in [-0.1, -0.05) is 48.0 Å². The molecule has 1 heterocycles. The van der Waals surface area contributed by atoms with Crippen molar-refractivity contribution in [3.8, 4) is 0 Å². The van der Waals surface area contributed by atoms with Gasteiger partial charge in [0.15, 0.2) is 0 Å². The first-order chi connectivity index (χ1) is 12.5. The van der Waals surface area contributed by atoms with Gasteiger partial charge in [-0.05, 0) is 29.3 Å². The van der Waals surface area contributed by atoms with Crippen LogP contribution in [0, 0.1) is 6.92 Å². The average Bonchev–Trinajstić information content (AvgIpc) is 3.09. The molecule has 134 valence electrons. The van der Waals surface area contributed by atoms with Crippen molar-refractivity contribution >= 4 is 33.2 Å². The number of rotatable bonds is 5. The lowest BCUT2D eigenvalue weighted by Crippen LogP contribution is -2.41. The molecule has 0 spiro atoms. The highest BCUT2D eigenvalue weighted by Gasteiger charge is 2.17. The summed E-state index contributed by atoms with van der Waals surface area (Å²) in [6.07, 6.45) is -0.861. The number of aryl methyl sites for hydroxylation is 1. The second-order valence-electron chi connectivity index (χ2n) is 6.08. The highest BCUT2D eigenvalue weighted by atomic mass is 32.1. The minimum atomic E-state index is -0.861. The number of hydrogen-bond acceptors (Lipinski definition) is 4. The molecule has 0 radical (unpaired) electrons. The Labute approximate surface area is 155 Å². The molecule has 3 aromatic rings. The number of aliphatic hydroxyl groups is 1. The molecule has 3 rings (SSSR count). The van der Waals surface area contributed by atoms with Crippen molar-refractivity contribution in [3.63, 3.8) is 0 Å². The van der Waals surface area contributed by atoms with Crippen LogP contribution in [0.15, 0.2) is 53.9 Å². The van der Waals surface area contributed by atoms with Gasteiger partial charge < -0.3 is 15.7 Å². The zero-order chi connectivity index (χ0) is 18.5. The van der Waals surface area contributed by atoms with E-state index in [4.69, 9.17) is 0 Å². The molecule has 2 amide bonds. The third-order valence-corrected chi connectivity index (χ3v) is 5.09. The van der Waals surface area contributed by atoms with Crippen LogP contribution in [-0.4, -0.2) is 23.5 Å². The smallest absolute Gasteiger partial charge is 0.309 e. The van der Waals surface area contributed by atoms with Crippen LogP contribution >= 0.6 is 11.3 Å². The summed E-state index contributed by atoms with van der Waals surface area (Å²) in [6.45, 7) is 2.25. The van der Waals surface area contributed by atoms with E-state index in [2.05, 4.69) is 10.6 Å². The standard InChI is InChI=1S/C20H20N2O3S/c1-13-6-8-14(9-7-13)10-21-19(24)20(25)22-11-17(23)16-12-26-18-5-3-2-4-15(16)18/h2-9,12,17,23H,10-11H2,1H3,(H,21,24)(H,22,25). The normalized spacial score (nSPS) is 11.9. The number of aliphatic hydroxyl groups excluding tert-OH is 1. The number of thiophene rings is 1. The zero-order valence-electron chi connectivity index (χ0n) is 14.4. The van der Waals surface area contributed by atoms with Crippen LogP contribution in [0.4, 0.5) is 0 Å². The highest BCUT2D eigenvalue weighted by Crippen LogP contribution is 2.29. The molecule has 1 aromatic heterocycles. The van der Waals surface area contributed by atoms with E-state index in [1.54, 1.807) is 0 Å². The number of hydrogen-bond donors (Lipinski definition) is 3. The minimum Gasteiger partial charge on any atom is -0.387 e. The van der Waals surface area contributed by atoms with Gasteiger partial charge in [0, 0.05) is 23.4 Å². The first-order valence-electron chi connectivity index (χ1n) is 8.30. The Bertz CT molecular complexity index is 918. The van der Waals surface area contributed by atoms with Crippen LogP contribution in [0.25, 0.3) is 10.1 Å². The second-order valence-corrected chi connectivity index (χ2v) is 6.99. The Hall–Kier alpha value is -2.70. The van der Waals surface area contributed by atoms with Crippen molar-refractivity contribution in [2.75, 3.05) is 6.54 Å². The van der Waals surface area contributed by atoms with Gasteiger partial charge in [-0.15, -0.1) is 11.3 Å². The monoisotopic (exact) mass is 368 g/mol. The van der Waals surface area contributed by atoms with E-state index >= 15 is 0 Å². The highest BCUT2D eigenvalue weighted by molar-refractivity contribution is 7.17. The molecule has 0 aliphatic heterocycles. The number of nitrogens with one attached hydrogen (secondary N) is 2. The van der Waals surface area contributed by atoms with E-state index < -0.39 is 17.9 Å². The van der Waals surface area contributed by atoms with Crippen molar-refractivity contribution < 1.29 is 14.7 Å². The number of amides is 2. The third kappa shape index (κ3) is 4.28. The van der Waals surface area contributed by atoms with Crippen LogP contribution in [0.3, 0.4) is 0 Å². The fourth-order valence-corrected chi connectivity index (χ4v) is 3.61. The van der Waals surface area contributed by atoms with Crippen LogP contribution in [0.5, 0.6) is 0 Å². The van der Waals surface area contributed by atoms with E-state index in [1.807, 2.05) is 60.8 Å². The molecule has 0 aliphatic carbocycles. The van der Waals surface area contributed by atoms with Crippen LogP contribution in [0.2, 0.25) is 0 Å². The molecule has 1 unspecified atom stereocenters. The summed E-state index contributed by atoms with van der Waals surface area (Å²) >= 11 is 1.54. The lowest BCUT2D eigenvalue weighted by atomic mass is 10.1. The molecule has 1 atom stereocenters. The summed E-state index contributed by atoms with van der Waals surface area (Å²) in [6, 6.07) is 15.5. The quantitative estimate of drug-likeness (QED) is 0.606. The zero-order valence-corrected chi connectivity index (χ0v) is 15.2. The maximum atomic E-state index is 11.9. The maximum absolute atomic E-state index is 11.9. The van der Waals surface area contributed by atoms with Gasteiger partial charge in [0.25, 0.3) is 0 Å². The molecule has 0 fully saturated rings. The summed E-state index contributed by atoms with van der Waals surface area (Å²) in [4.78, 5) is 23.8.